The van der Waals surface area contributed by atoms with Gasteiger partial charge in [0.15, 0.2) is 4.60 Å². The Kier molecular flexibility index (Phi) is 3.04. The van der Waals surface area contributed by atoms with E-state index in [0.717, 1.165) is 4.60 Å². The van der Waals surface area contributed by atoms with Crippen LogP contribution in [-0.2, 0) is 0 Å². The van der Waals surface area contributed by atoms with Crippen LogP contribution in [-0.4, -0.2) is 5.16 Å². The highest BCUT2D eigenvalue weighted by atomic mass is 79.9. The van der Waals surface area contributed by atoms with Crippen LogP contribution in [0.5, 0.6) is 0 Å². The van der Waals surface area contributed by atoms with E-state index in [1.165, 1.54) is 44.1 Å². The zero-order chi connectivity index (χ0) is 9.10. The van der Waals surface area contributed by atoms with Gasteiger partial charge in [-0.05, 0) is 34.7 Å². The van der Waals surface area contributed by atoms with E-state index >= 15 is 0 Å². The molecule has 0 bridgehead atoms. The summed E-state index contributed by atoms with van der Waals surface area (Å²) in [6.45, 7) is 0. The van der Waals surface area contributed by atoms with Crippen LogP contribution in [0.2, 0.25) is 0 Å². The first-order valence-electron chi connectivity index (χ1n) is 4.97. The fourth-order valence-corrected chi connectivity index (χ4v) is 2.59. The summed E-state index contributed by atoms with van der Waals surface area (Å²) >= 11 is 3.42. The van der Waals surface area contributed by atoms with Crippen molar-refractivity contribution in [2.45, 2.75) is 44.4 Å². The maximum atomic E-state index is 4.94. The summed E-state index contributed by atoms with van der Waals surface area (Å²) < 4.78 is 5.84. The topological polar surface area (TPSA) is 26.0 Å². The fourth-order valence-electron chi connectivity index (χ4n) is 2.09. The second kappa shape index (κ2) is 4.27. The smallest absolute Gasteiger partial charge is 0.152 e. The molecule has 0 atom stereocenters. The standard InChI is InChI=1S/C10H14BrNO/c11-10-9(7-13-12-10)8-5-3-1-2-4-6-8/h7-8H,1-6H2. The summed E-state index contributed by atoms with van der Waals surface area (Å²) in [4.78, 5) is 0. The van der Waals surface area contributed by atoms with E-state index in [9.17, 15) is 0 Å². The Bertz CT molecular complexity index is 264. The Morgan fingerprint density at radius 1 is 1.23 bits per heavy atom. The molecule has 0 N–H and O–H groups in total. The lowest BCUT2D eigenvalue weighted by atomic mass is 9.95. The van der Waals surface area contributed by atoms with Crippen molar-refractivity contribution in [1.29, 1.82) is 0 Å². The minimum atomic E-state index is 0.670. The van der Waals surface area contributed by atoms with Crippen molar-refractivity contribution in [2.75, 3.05) is 0 Å². The molecule has 72 valence electrons. The fraction of sp³-hybridized carbons (Fsp3) is 0.700. The summed E-state index contributed by atoms with van der Waals surface area (Å²) in [6, 6.07) is 0. The van der Waals surface area contributed by atoms with Crippen LogP contribution >= 0.6 is 15.9 Å². The largest absolute Gasteiger partial charge is 0.363 e. The molecule has 0 saturated heterocycles. The zero-order valence-corrected chi connectivity index (χ0v) is 9.22. The quantitative estimate of drug-likeness (QED) is 0.700. The number of hydrogen-bond acceptors (Lipinski definition) is 2. The predicted octanol–water partition coefficient (Wildman–Crippen LogP) is 3.87. The normalized spacial score (nSPS) is 20.1. The summed E-state index contributed by atoms with van der Waals surface area (Å²) in [5, 5.41) is 3.86. The van der Waals surface area contributed by atoms with Crippen LogP contribution in [0.15, 0.2) is 15.4 Å². The van der Waals surface area contributed by atoms with Crippen molar-refractivity contribution in [2.24, 2.45) is 0 Å². The highest BCUT2D eigenvalue weighted by Gasteiger charge is 2.18. The van der Waals surface area contributed by atoms with E-state index < -0.39 is 0 Å². The van der Waals surface area contributed by atoms with Gasteiger partial charge in [0.1, 0.15) is 6.26 Å². The molecule has 1 fully saturated rings. The molecular weight excluding hydrogens is 230 g/mol. The summed E-state index contributed by atoms with van der Waals surface area (Å²) in [5.74, 6) is 0.670. The van der Waals surface area contributed by atoms with Gasteiger partial charge in [-0.25, -0.2) is 0 Å². The second-order valence-corrected chi connectivity index (χ2v) is 4.50. The van der Waals surface area contributed by atoms with E-state index in [1.807, 2.05) is 0 Å². The third kappa shape index (κ3) is 2.13. The first kappa shape index (κ1) is 9.25. The maximum absolute atomic E-state index is 4.94. The molecular formula is C10H14BrNO. The molecule has 0 radical (unpaired) electrons. The van der Waals surface area contributed by atoms with Gasteiger partial charge in [-0.15, -0.1) is 0 Å². The Morgan fingerprint density at radius 3 is 2.46 bits per heavy atom. The van der Waals surface area contributed by atoms with Crippen molar-refractivity contribution >= 4 is 15.9 Å². The van der Waals surface area contributed by atoms with Crippen LogP contribution in [0.4, 0.5) is 0 Å². The average molecular weight is 244 g/mol. The van der Waals surface area contributed by atoms with E-state index in [1.54, 1.807) is 6.26 Å². The molecule has 1 aromatic heterocycles. The molecule has 2 nitrogen and oxygen atoms in total. The monoisotopic (exact) mass is 243 g/mol. The van der Waals surface area contributed by atoms with Crippen LogP contribution in [0.25, 0.3) is 0 Å². The Hall–Kier alpha value is -0.310. The van der Waals surface area contributed by atoms with Crippen molar-refractivity contribution < 1.29 is 4.52 Å². The van der Waals surface area contributed by atoms with Gasteiger partial charge < -0.3 is 4.52 Å². The molecule has 2 rings (SSSR count). The average Bonchev–Trinajstić information content (AvgIpc) is 2.43. The van der Waals surface area contributed by atoms with Crippen LogP contribution in [0, 0.1) is 0 Å². The molecule has 0 aliphatic heterocycles. The molecule has 3 heteroatoms. The van der Waals surface area contributed by atoms with E-state index in [-0.39, 0.29) is 0 Å². The molecule has 1 aliphatic carbocycles. The number of aromatic nitrogens is 1. The molecule has 0 amide bonds. The van der Waals surface area contributed by atoms with E-state index in [2.05, 4.69) is 21.1 Å². The summed E-state index contributed by atoms with van der Waals surface area (Å²) in [7, 11) is 0. The summed E-state index contributed by atoms with van der Waals surface area (Å²) in [5.41, 5.74) is 1.27. The minimum Gasteiger partial charge on any atom is -0.363 e. The van der Waals surface area contributed by atoms with Gasteiger partial charge in [0.25, 0.3) is 0 Å². The van der Waals surface area contributed by atoms with Crippen molar-refractivity contribution in [3.63, 3.8) is 0 Å². The van der Waals surface area contributed by atoms with Crippen molar-refractivity contribution in [3.8, 4) is 0 Å². The number of nitrogens with zero attached hydrogens (tertiary/aromatic N) is 1. The second-order valence-electron chi connectivity index (χ2n) is 3.75. The van der Waals surface area contributed by atoms with Crippen LogP contribution in [0.3, 0.4) is 0 Å². The van der Waals surface area contributed by atoms with Gasteiger partial charge in [-0.3, -0.25) is 0 Å². The van der Waals surface area contributed by atoms with Crippen LogP contribution < -0.4 is 0 Å². The summed E-state index contributed by atoms with van der Waals surface area (Å²) in [6.07, 6.45) is 9.85. The Labute approximate surface area is 86.8 Å². The Morgan fingerprint density at radius 2 is 1.92 bits per heavy atom. The van der Waals surface area contributed by atoms with Gasteiger partial charge in [0.05, 0.1) is 0 Å². The van der Waals surface area contributed by atoms with E-state index in [4.69, 9.17) is 4.52 Å². The van der Waals surface area contributed by atoms with E-state index in [0.29, 0.717) is 5.92 Å². The number of hydrogen-bond donors (Lipinski definition) is 0. The highest BCUT2D eigenvalue weighted by Crippen LogP contribution is 2.34. The number of rotatable bonds is 1. The minimum absolute atomic E-state index is 0.670. The predicted molar refractivity (Wildman–Crippen MR) is 54.6 cm³/mol. The SMILES string of the molecule is Brc1nocc1C1CCCCCC1. The van der Waals surface area contributed by atoms with Crippen molar-refractivity contribution in [3.05, 3.63) is 16.4 Å². The van der Waals surface area contributed by atoms with Gasteiger partial charge in [-0.1, -0.05) is 30.8 Å². The van der Waals surface area contributed by atoms with Gasteiger partial charge in [0, 0.05) is 5.56 Å². The molecule has 0 spiro atoms. The lowest BCUT2D eigenvalue weighted by Crippen LogP contribution is -1.95. The molecule has 1 aromatic rings. The molecule has 1 saturated carbocycles. The third-order valence-electron chi connectivity index (χ3n) is 2.85. The molecule has 1 heterocycles. The van der Waals surface area contributed by atoms with Gasteiger partial charge in [-0.2, -0.15) is 0 Å². The number of halogens is 1. The first-order valence-corrected chi connectivity index (χ1v) is 5.77. The maximum Gasteiger partial charge on any atom is 0.152 e. The van der Waals surface area contributed by atoms with Crippen LogP contribution in [0.1, 0.15) is 50.0 Å². The van der Waals surface area contributed by atoms with Gasteiger partial charge in [0.2, 0.25) is 0 Å². The lowest BCUT2D eigenvalue weighted by molar-refractivity contribution is 0.414. The van der Waals surface area contributed by atoms with Gasteiger partial charge >= 0.3 is 0 Å². The first-order chi connectivity index (χ1) is 6.38. The molecule has 13 heavy (non-hydrogen) atoms. The third-order valence-corrected chi connectivity index (χ3v) is 3.45. The lowest BCUT2D eigenvalue weighted by Gasteiger charge is -2.10. The molecule has 0 unspecified atom stereocenters. The van der Waals surface area contributed by atoms with Crippen molar-refractivity contribution in [1.82, 2.24) is 5.16 Å². The highest BCUT2D eigenvalue weighted by molar-refractivity contribution is 9.10. The zero-order valence-electron chi connectivity index (χ0n) is 7.63. The Balaban J connectivity index is 2.10. The molecule has 1 aliphatic rings. The molecule has 0 aromatic carbocycles.